The van der Waals surface area contributed by atoms with Gasteiger partial charge in [0.2, 0.25) is 0 Å². The van der Waals surface area contributed by atoms with Crippen LogP contribution in [0.3, 0.4) is 0 Å². The van der Waals surface area contributed by atoms with Crippen LogP contribution in [0.1, 0.15) is 27.6 Å². The maximum Gasteiger partial charge on any atom is 0.339 e. The van der Waals surface area contributed by atoms with E-state index in [2.05, 4.69) is 0 Å². The number of esters is 1. The van der Waals surface area contributed by atoms with Gasteiger partial charge in [0.05, 0.1) is 5.56 Å². The van der Waals surface area contributed by atoms with Crippen LogP contribution in [0.2, 0.25) is 0 Å². The molecule has 0 aliphatic carbocycles. The molecule has 3 nitrogen and oxygen atoms in total. The van der Waals surface area contributed by atoms with E-state index in [1.807, 2.05) is 18.2 Å². The first kappa shape index (κ1) is 9.90. The van der Waals surface area contributed by atoms with Crippen molar-refractivity contribution in [3.05, 3.63) is 65.2 Å². The zero-order chi connectivity index (χ0) is 11.8. The van der Waals surface area contributed by atoms with Crippen molar-refractivity contribution >= 4 is 5.97 Å². The zero-order valence-corrected chi connectivity index (χ0v) is 8.96. The number of hydrogen-bond acceptors (Lipinski definition) is 3. The molecule has 1 atom stereocenters. The predicted octanol–water partition coefficient (Wildman–Crippen LogP) is 2.65. The summed E-state index contributed by atoms with van der Waals surface area (Å²) in [6, 6.07) is 14.1. The van der Waals surface area contributed by atoms with Crippen molar-refractivity contribution in [3.8, 4) is 5.75 Å². The molecule has 0 fully saturated rings. The molecule has 0 saturated carbocycles. The molecular weight excluding hydrogens is 216 g/mol. The number of ether oxygens (including phenoxy) is 1. The van der Waals surface area contributed by atoms with Crippen LogP contribution >= 0.6 is 0 Å². The molecule has 84 valence electrons. The number of phenols is 1. The SMILES string of the molecule is O=C1OC(c2ccccc2O)c2ccccc21. The standard InChI is InChI=1S/C14H10O3/c15-12-8-4-3-7-11(12)13-9-5-1-2-6-10(9)14(16)17-13/h1-8,13,15H. The second kappa shape index (κ2) is 3.63. The third-order valence-electron chi connectivity index (χ3n) is 2.91. The molecule has 1 unspecified atom stereocenters. The number of carbonyl (C=O) groups is 1. The fourth-order valence-electron chi connectivity index (χ4n) is 2.09. The number of hydrogen-bond donors (Lipinski definition) is 1. The van der Waals surface area contributed by atoms with Crippen molar-refractivity contribution in [1.82, 2.24) is 0 Å². The molecular formula is C14H10O3. The van der Waals surface area contributed by atoms with Crippen molar-refractivity contribution in [2.75, 3.05) is 0 Å². The molecule has 3 rings (SSSR count). The summed E-state index contributed by atoms with van der Waals surface area (Å²) in [6.45, 7) is 0. The minimum atomic E-state index is -0.500. The Balaban J connectivity index is 2.14. The number of benzene rings is 2. The number of fused-ring (bicyclic) bond motifs is 1. The Morgan fingerprint density at radius 3 is 2.35 bits per heavy atom. The van der Waals surface area contributed by atoms with Crippen LogP contribution < -0.4 is 0 Å². The van der Waals surface area contributed by atoms with Gasteiger partial charge in [-0.3, -0.25) is 0 Å². The summed E-state index contributed by atoms with van der Waals surface area (Å²) in [7, 11) is 0. The van der Waals surface area contributed by atoms with Gasteiger partial charge in [-0.2, -0.15) is 0 Å². The first-order valence-electron chi connectivity index (χ1n) is 5.35. The summed E-state index contributed by atoms with van der Waals surface area (Å²) in [6.07, 6.45) is -0.500. The Hall–Kier alpha value is -2.29. The van der Waals surface area contributed by atoms with Gasteiger partial charge in [0.15, 0.2) is 6.10 Å². The Kier molecular flexibility index (Phi) is 2.11. The monoisotopic (exact) mass is 226 g/mol. The minimum absolute atomic E-state index is 0.141. The first-order valence-corrected chi connectivity index (χ1v) is 5.35. The van der Waals surface area contributed by atoms with Crippen LogP contribution in [0.4, 0.5) is 0 Å². The molecule has 2 aromatic rings. The minimum Gasteiger partial charge on any atom is -0.508 e. The summed E-state index contributed by atoms with van der Waals surface area (Å²) < 4.78 is 5.30. The van der Waals surface area contributed by atoms with Gasteiger partial charge in [-0.05, 0) is 12.1 Å². The average molecular weight is 226 g/mol. The summed E-state index contributed by atoms with van der Waals surface area (Å²) in [4.78, 5) is 11.7. The smallest absolute Gasteiger partial charge is 0.339 e. The van der Waals surface area contributed by atoms with Gasteiger partial charge in [0, 0.05) is 11.1 Å². The molecule has 1 N–H and O–H groups in total. The molecule has 0 bridgehead atoms. The molecule has 1 heterocycles. The molecule has 0 radical (unpaired) electrons. The predicted molar refractivity (Wildman–Crippen MR) is 61.8 cm³/mol. The lowest BCUT2D eigenvalue weighted by Crippen LogP contribution is -2.00. The Morgan fingerprint density at radius 2 is 1.59 bits per heavy atom. The number of phenolic OH excluding ortho intramolecular Hbond substituents is 1. The van der Waals surface area contributed by atoms with Crippen molar-refractivity contribution in [2.45, 2.75) is 6.10 Å². The zero-order valence-electron chi connectivity index (χ0n) is 8.96. The van der Waals surface area contributed by atoms with E-state index in [1.54, 1.807) is 30.3 Å². The first-order chi connectivity index (χ1) is 8.27. The maximum atomic E-state index is 11.7. The third kappa shape index (κ3) is 1.47. The van der Waals surface area contributed by atoms with Gasteiger partial charge in [-0.15, -0.1) is 0 Å². The van der Waals surface area contributed by atoms with E-state index in [9.17, 15) is 9.90 Å². The number of rotatable bonds is 1. The van der Waals surface area contributed by atoms with E-state index in [1.165, 1.54) is 0 Å². The molecule has 0 spiro atoms. The second-order valence-electron chi connectivity index (χ2n) is 3.93. The van der Waals surface area contributed by atoms with Crippen LogP contribution in [0, 0.1) is 0 Å². The van der Waals surface area contributed by atoms with Crippen molar-refractivity contribution in [3.63, 3.8) is 0 Å². The maximum absolute atomic E-state index is 11.7. The highest BCUT2D eigenvalue weighted by atomic mass is 16.5. The van der Waals surface area contributed by atoms with Crippen LogP contribution in [0.5, 0.6) is 5.75 Å². The average Bonchev–Trinajstić information content (AvgIpc) is 2.68. The largest absolute Gasteiger partial charge is 0.508 e. The molecule has 1 aliphatic rings. The molecule has 17 heavy (non-hydrogen) atoms. The lowest BCUT2D eigenvalue weighted by molar-refractivity contribution is 0.0453. The highest BCUT2D eigenvalue weighted by Gasteiger charge is 2.32. The number of cyclic esters (lactones) is 1. The molecule has 3 heteroatoms. The number of carbonyl (C=O) groups excluding carboxylic acids is 1. The summed E-state index contributed by atoms with van der Waals surface area (Å²) in [5, 5.41) is 9.79. The van der Waals surface area contributed by atoms with Crippen LogP contribution in [-0.2, 0) is 4.74 Å². The van der Waals surface area contributed by atoms with Gasteiger partial charge in [-0.1, -0.05) is 36.4 Å². The van der Waals surface area contributed by atoms with E-state index < -0.39 is 6.10 Å². The van der Waals surface area contributed by atoms with Crippen molar-refractivity contribution < 1.29 is 14.6 Å². The van der Waals surface area contributed by atoms with E-state index >= 15 is 0 Å². The second-order valence-corrected chi connectivity index (χ2v) is 3.93. The topological polar surface area (TPSA) is 46.5 Å². The summed E-state index contributed by atoms with van der Waals surface area (Å²) in [5.74, 6) is -0.198. The van der Waals surface area contributed by atoms with E-state index in [0.29, 0.717) is 11.1 Å². The number of aromatic hydroxyl groups is 1. The quantitative estimate of drug-likeness (QED) is 0.760. The Morgan fingerprint density at radius 1 is 0.941 bits per heavy atom. The fraction of sp³-hybridized carbons (Fsp3) is 0.0714. The molecule has 0 aromatic heterocycles. The molecule has 2 aromatic carbocycles. The fourth-order valence-corrected chi connectivity index (χ4v) is 2.09. The van der Waals surface area contributed by atoms with Crippen LogP contribution in [0.15, 0.2) is 48.5 Å². The lowest BCUT2D eigenvalue weighted by Gasteiger charge is -2.12. The van der Waals surface area contributed by atoms with Crippen LogP contribution in [0.25, 0.3) is 0 Å². The van der Waals surface area contributed by atoms with Gasteiger partial charge >= 0.3 is 5.97 Å². The lowest BCUT2D eigenvalue weighted by atomic mass is 9.99. The highest BCUT2D eigenvalue weighted by Crippen LogP contribution is 2.38. The summed E-state index contributed by atoms with van der Waals surface area (Å²) >= 11 is 0. The van der Waals surface area contributed by atoms with Crippen molar-refractivity contribution in [1.29, 1.82) is 0 Å². The number of para-hydroxylation sites is 1. The van der Waals surface area contributed by atoms with Gasteiger partial charge in [-0.25, -0.2) is 4.79 Å². The van der Waals surface area contributed by atoms with Crippen molar-refractivity contribution in [2.24, 2.45) is 0 Å². The Bertz CT molecular complexity index is 590. The molecule has 0 saturated heterocycles. The van der Waals surface area contributed by atoms with E-state index in [4.69, 9.17) is 4.74 Å². The third-order valence-corrected chi connectivity index (χ3v) is 2.91. The molecule has 0 amide bonds. The van der Waals surface area contributed by atoms with Gasteiger partial charge in [0.1, 0.15) is 5.75 Å². The molecule has 1 aliphatic heterocycles. The highest BCUT2D eigenvalue weighted by molar-refractivity contribution is 5.94. The van der Waals surface area contributed by atoms with Gasteiger partial charge in [0.25, 0.3) is 0 Å². The van der Waals surface area contributed by atoms with E-state index in [0.717, 1.165) is 5.56 Å². The summed E-state index contributed by atoms with van der Waals surface area (Å²) in [5.41, 5.74) is 1.99. The Labute approximate surface area is 98.3 Å². The van der Waals surface area contributed by atoms with Crippen LogP contribution in [-0.4, -0.2) is 11.1 Å². The van der Waals surface area contributed by atoms with Gasteiger partial charge < -0.3 is 9.84 Å². The normalized spacial score (nSPS) is 17.6. The van der Waals surface area contributed by atoms with E-state index in [-0.39, 0.29) is 11.7 Å².